The first-order valence-corrected chi connectivity index (χ1v) is 6.24. The van der Waals surface area contributed by atoms with E-state index in [0.717, 1.165) is 10.5 Å². The minimum absolute atomic E-state index is 0.221. The molecule has 2 aromatic rings. The number of carbonyl (C=O) groups excluding carboxylic acids is 1. The summed E-state index contributed by atoms with van der Waals surface area (Å²) in [4.78, 5) is 12.7. The lowest BCUT2D eigenvalue weighted by Gasteiger charge is -2.09. The fraction of sp³-hybridized carbons (Fsp3) is 0.0714. The lowest BCUT2D eigenvalue weighted by molar-refractivity contribution is 0.0522. The van der Waals surface area contributed by atoms with Crippen LogP contribution in [0.2, 0.25) is 0 Å². The molecule has 84 valence electrons. The highest BCUT2D eigenvalue weighted by Gasteiger charge is 2.30. The minimum atomic E-state index is -0.228. The fourth-order valence-electron chi connectivity index (χ4n) is 1.82. The van der Waals surface area contributed by atoms with Crippen LogP contribution in [0.5, 0.6) is 0 Å². The molecule has 1 atom stereocenters. The van der Waals surface area contributed by atoms with Crippen LogP contribution in [0, 0.1) is 0 Å². The number of rotatable bonds is 2. The number of cyclic esters (lactones) is 1. The molecular weight excluding hydrogens is 232 g/mol. The third kappa shape index (κ3) is 1.94. The Morgan fingerprint density at radius 2 is 1.65 bits per heavy atom. The van der Waals surface area contributed by atoms with Crippen LogP contribution in [-0.2, 0) is 4.74 Å². The molecule has 0 N–H and O–H groups in total. The summed E-state index contributed by atoms with van der Waals surface area (Å²) in [5, 5.41) is 0. The molecule has 0 aliphatic carbocycles. The van der Waals surface area contributed by atoms with Gasteiger partial charge in [0.05, 0.1) is 5.56 Å². The lowest BCUT2D eigenvalue weighted by Crippen LogP contribution is -1.94. The smallest absolute Gasteiger partial charge is 0.340 e. The van der Waals surface area contributed by atoms with Crippen molar-refractivity contribution in [1.29, 1.82) is 0 Å². The van der Waals surface area contributed by atoms with E-state index >= 15 is 0 Å². The van der Waals surface area contributed by atoms with E-state index < -0.39 is 0 Å². The zero-order valence-corrected chi connectivity index (χ0v) is 9.81. The molecule has 1 aliphatic heterocycles. The standard InChI is InChI=1S/C14H10O2S/c15-13-11-8-4-5-9-12(11)14(16-13)17-10-6-2-1-3-7-10/h1-9,14H/t14-/m0/s1. The van der Waals surface area contributed by atoms with Gasteiger partial charge < -0.3 is 4.74 Å². The Hall–Kier alpha value is -1.74. The van der Waals surface area contributed by atoms with Crippen LogP contribution in [-0.4, -0.2) is 5.97 Å². The number of carbonyl (C=O) groups is 1. The second-order valence-corrected chi connectivity index (χ2v) is 4.89. The molecule has 0 saturated carbocycles. The molecule has 1 aliphatic rings. The molecule has 0 amide bonds. The second kappa shape index (κ2) is 4.26. The third-order valence-corrected chi connectivity index (χ3v) is 3.74. The molecular formula is C14H10O2S. The zero-order valence-electron chi connectivity index (χ0n) is 9.00. The summed E-state index contributed by atoms with van der Waals surface area (Å²) in [5.41, 5.74) is 1.42. The summed E-state index contributed by atoms with van der Waals surface area (Å²) < 4.78 is 5.36. The van der Waals surface area contributed by atoms with Gasteiger partial charge in [0.15, 0.2) is 5.44 Å². The number of ether oxygens (including phenoxy) is 1. The topological polar surface area (TPSA) is 26.3 Å². The Morgan fingerprint density at radius 1 is 0.941 bits per heavy atom. The van der Waals surface area contributed by atoms with Crippen molar-refractivity contribution >= 4 is 17.7 Å². The molecule has 2 aromatic carbocycles. The lowest BCUT2D eigenvalue weighted by atomic mass is 10.1. The summed E-state index contributed by atoms with van der Waals surface area (Å²) >= 11 is 1.55. The van der Waals surface area contributed by atoms with Gasteiger partial charge in [-0.05, 0) is 18.2 Å². The van der Waals surface area contributed by atoms with Crippen LogP contribution in [0.1, 0.15) is 21.4 Å². The molecule has 0 aromatic heterocycles. The molecule has 17 heavy (non-hydrogen) atoms. The maximum absolute atomic E-state index is 11.6. The molecule has 0 radical (unpaired) electrons. The first kappa shape index (κ1) is 10.4. The molecule has 0 spiro atoms. The zero-order chi connectivity index (χ0) is 11.7. The van der Waals surface area contributed by atoms with Gasteiger partial charge in [0.2, 0.25) is 0 Å². The van der Waals surface area contributed by atoms with Gasteiger partial charge in [-0.15, -0.1) is 0 Å². The highest BCUT2D eigenvalue weighted by molar-refractivity contribution is 7.99. The second-order valence-electron chi connectivity index (χ2n) is 3.76. The van der Waals surface area contributed by atoms with Crippen LogP contribution >= 0.6 is 11.8 Å². The number of hydrogen-bond donors (Lipinski definition) is 0. The van der Waals surface area contributed by atoms with E-state index in [1.54, 1.807) is 11.8 Å². The van der Waals surface area contributed by atoms with Crippen LogP contribution in [0.25, 0.3) is 0 Å². The Labute approximate surface area is 104 Å². The Balaban J connectivity index is 1.90. The summed E-state index contributed by atoms with van der Waals surface area (Å²) in [6.07, 6.45) is 0. The minimum Gasteiger partial charge on any atom is -0.442 e. The van der Waals surface area contributed by atoms with Gasteiger partial charge in [0, 0.05) is 10.5 Å². The van der Waals surface area contributed by atoms with E-state index in [4.69, 9.17) is 4.74 Å². The van der Waals surface area contributed by atoms with E-state index in [1.165, 1.54) is 0 Å². The number of hydrogen-bond acceptors (Lipinski definition) is 3. The van der Waals surface area contributed by atoms with Crippen LogP contribution in [0.3, 0.4) is 0 Å². The third-order valence-electron chi connectivity index (χ3n) is 2.64. The summed E-state index contributed by atoms with van der Waals surface area (Å²) in [6, 6.07) is 17.5. The summed E-state index contributed by atoms with van der Waals surface area (Å²) in [7, 11) is 0. The van der Waals surface area contributed by atoms with Crippen molar-refractivity contribution in [3.8, 4) is 0 Å². The normalized spacial score (nSPS) is 17.6. The highest BCUT2D eigenvalue weighted by atomic mass is 32.2. The van der Waals surface area contributed by atoms with Gasteiger partial charge in [0.25, 0.3) is 0 Å². The van der Waals surface area contributed by atoms with Crippen molar-refractivity contribution in [3.05, 3.63) is 65.7 Å². The maximum atomic E-state index is 11.6. The van der Waals surface area contributed by atoms with Crippen molar-refractivity contribution in [2.45, 2.75) is 10.3 Å². The van der Waals surface area contributed by atoms with Gasteiger partial charge in [-0.25, -0.2) is 4.79 Å². The monoisotopic (exact) mass is 242 g/mol. The number of esters is 1. The fourth-order valence-corrected chi connectivity index (χ4v) is 2.85. The van der Waals surface area contributed by atoms with E-state index in [-0.39, 0.29) is 11.4 Å². The van der Waals surface area contributed by atoms with Crippen molar-refractivity contribution in [1.82, 2.24) is 0 Å². The molecule has 0 unspecified atom stereocenters. The van der Waals surface area contributed by atoms with Crippen molar-refractivity contribution in [3.63, 3.8) is 0 Å². The van der Waals surface area contributed by atoms with Gasteiger partial charge in [-0.3, -0.25) is 0 Å². The first-order valence-electron chi connectivity index (χ1n) is 5.36. The van der Waals surface area contributed by atoms with Crippen molar-refractivity contribution in [2.24, 2.45) is 0 Å². The van der Waals surface area contributed by atoms with Crippen LogP contribution in [0.4, 0.5) is 0 Å². The van der Waals surface area contributed by atoms with Crippen molar-refractivity contribution < 1.29 is 9.53 Å². The predicted octanol–water partition coefficient (Wildman–Crippen LogP) is 3.65. The maximum Gasteiger partial charge on any atom is 0.340 e. The summed E-state index contributed by atoms with van der Waals surface area (Å²) in [6.45, 7) is 0. The van der Waals surface area contributed by atoms with Crippen molar-refractivity contribution in [2.75, 3.05) is 0 Å². The molecule has 3 heteroatoms. The quantitative estimate of drug-likeness (QED) is 0.752. The Bertz CT molecular complexity index is 551. The van der Waals surface area contributed by atoms with E-state index in [0.29, 0.717) is 5.56 Å². The Kier molecular flexibility index (Phi) is 2.61. The molecule has 3 rings (SSSR count). The average molecular weight is 242 g/mol. The van der Waals surface area contributed by atoms with Gasteiger partial charge >= 0.3 is 5.97 Å². The SMILES string of the molecule is O=C1O[C@@H](Sc2ccccc2)c2ccccc21. The summed E-state index contributed by atoms with van der Waals surface area (Å²) in [5.74, 6) is -0.228. The average Bonchev–Trinajstić information content (AvgIpc) is 2.69. The largest absolute Gasteiger partial charge is 0.442 e. The molecule has 2 nitrogen and oxygen atoms in total. The van der Waals surface area contributed by atoms with Crippen LogP contribution in [0.15, 0.2) is 59.5 Å². The van der Waals surface area contributed by atoms with Gasteiger partial charge in [0.1, 0.15) is 0 Å². The van der Waals surface area contributed by atoms with Gasteiger partial charge in [-0.2, -0.15) is 0 Å². The highest BCUT2D eigenvalue weighted by Crippen LogP contribution is 2.42. The molecule has 0 fully saturated rings. The first-order chi connectivity index (χ1) is 8.34. The molecule has 1 heterocycles. The van der Waals surface area contributed by atoms with Gasteiger partial charge in [-0.1, -0.05) is 48.2 Å². The number of benzene rings is 2. The van der Waals surface area contributed by atoms with Crippen LogP contribution < -0.4 is 0 Å². The number of fused-ring (bicyclic) bond motifs is 1. The predicted molar refractivity (Wildman–Crippen MR) is 66.9 cm³/mol. The van der Waals surface area contributed by atoms with E-state index in [9.17, 15) is 4.79 Å². The molecule has 0 bridgehead atoms. The molecule has 0 saturated heterocycles. The van der Waals surface area contributed by atoms with E-state index in [1.807, 2.05) is 54.6 Å². The number of thioether (sulfide) groups is 1. The van der Waals surface area contributed by atoms with E-state index in [2.05, 4.69) is 0 Å². The Morgan fingerprint density at radius 3 is 2.47 bits per heavy atom.